The molecule has 0 atom stereocenters. The highest BCUT2D eigenvalue weighted by molar-refractivity contribution is 7.21. The highest BCUT2D eigenvalue weighted by Gasteiger charge is 2.16. The van der Waals surface area contributed by atoms with Gasteiger partial charge in [-0.15, -0.1) is 16.4 Å². The first kappa shape index (κ1) is 12.7. The van der Waals surface area contributed by atoms with Gasteiger partial charge in [-0.3, -0.25) is 4.79 Å². The predicted molar refractivity (Wildman–Crippen MR) is 70.7 cm³/mol. The van der Waals surface area contributed by atoms with Crippen LogP contribution in [0.2, 0.25) is 0 Å². The standard InChI is InChI=1S/C11H14N4O2S/c1-17-6-2-4-13-10(16)9-8(12)7-3-5-14-15-11(7)18-9/h3,5H,2,4,6,12H2,1H3,(H,13,16). The number of hydrogen-bond donors (Lipinski definition) is 2. The van der Waals surface area contributed by atoms with Gasteiger partial charge in [-0.2, -0.15) is 5.10 Å². The van der Waals surface area contributed by atoms with E-state index in [1.807, 2.05) is 0 Å². The molecule has 3 N–H and O–H groups in total. The lowest BCUT2D eigenvalue weighted by atomic mass is 10.3. The van der Waals surface area contributed by atoms with Crippen molar-refractivity contribution < 1.29 is 9.53 Å². The van der Waals surface area contributed by atoms with E-state index in [0.717, 1.165) is 11.8 Å². The third kappa shape index (κ3) is 2.57. The van der Waals surface area contributed by atoms with Gasteiger partial charge in [0.25, 0.3) is 5.91 Å². The van der Waals surface area contributed by atoms with E-state index in [9.17, 15) is 4.79 Å². The number of rotatable bonds is 5. The van der Waals surface area contributed by atoms with Crippen LogP contribution in [-0.4, -0.2) is 36.4 Å². The number of hydrogen-bond acceptors (Lipinski definition) is 6. The van der Waals surface area contributed by atoms with E-state index in [0.29, 0.717) is 28.5 Å². The number of fused-ring (bicyclic) bond motifs is 1. The molecule has 0 bridgehead atoms. The van der Waals surface area contributed by atoms with E-state index in [1.165, 1.54) is 11.3 Å². The lowest BCUT2D eigenvalue weighted by Crippen LogP contribution is -2.25. The molecule has 2 aromatic heterocycles. The van der Waals surface area contributed by atoms with Gasteiger partial charge in [0.05, 0.1) is 11.9 Å². The number of ether oxygens (including phenoxy) is 1. The zero-order valence-electron chi connectivity index (χ0n) is 9.97. The molecule has 6 nitrogen and oxygen atoms in total. The van der Waals surface area contributed by atoms with Crippen LogP contribution in [0.4, 0.5) is 5.69 Å². The number of nitrogens with zero attached hydrogens (tertiary/aromatic N) is 2. The maximum atomic E-state index is 11.9. The van der Waals surface area contributed by atoms with E-state index in [1.54, 1.807) is 19.4 Å². The lowest BCUT2D eigenvalue weighted by Gasteiger charge is -2.03. The summed E-state index contributed by atoms with van der Waals surface area (Å²) in [5.74, 6) is -0.174. The third-order valence-corrected chi connectivity index (χ3v) is 3.54. The van der Waals surface area contributed by atoms with Gasteiger partial charge in [0.15, 0.2) is 0 Å². The molecule has 7 heteroatoms. The monoisotopic (exact) mass is 266 g/mol. The summed E-state index contributed by atoms with van der Waals surface area (Å²) in [5, 5.41) is 11.3. The second kappa shape index (κ2) is 5.74. The maximum absolute atomic E-state index is 11.9. The Labute approximate surface area is 108 Å². The number of aromatic nitrogens is 2. The first-order valence-electron chi connectivity index (χ1n) is 5.51. The largest absolute Gasteiger partial charge is 0.397 e. The number of thiophene rings is 1. The van der Waals surface area contributed by atoms with Crippen LogP contribution >= 0.6 is 11.3 Å². The average Bonchev–Trinajstić information content (AvgIpc) is 2.73. The van der Waals surface area contributed by atoms with Crippen molar-refractivity contribution >= 4 is 33.1 Å². The average molecular weight is 266 g/mol. The van der Waals surface area contributed by atoms with Gasteiger partial charge in [0.1, 0.15) is 9.71 Å². The summed E-state index contributed by atoms with van der Waals surface area (Å²) in [4.78, 5) is 13.1. The van der Waals surface area contributed by atoms with Crippen LogP contribution in [0.5, 0.6) is 0 Å². The minimum atomic E-state index is -0.174. The topological polar surface area (TPSA) is 90.1 Å². The fourth-order valence-corrected chi connectivity index (χ4v) is 2.49. The number of methoxy groups -OCH3 is 1. The van der Waals surface area contributed by atoms with Gasteiger partial charge in [-0.05, 0) is 12.5 Å². The predicted octanol–water partition coefficient (Wildman–Crippen LogP) is 1.04. The quantitative estimate of drug-likeness (QED) is 0.789. The molecular weight excluding hydrogens is 252 g/mol. The van der Waals surface area contributed by atoms with E-state index >= 15 is 0 Å². The molecule has 2 rings (SSSR count). The van der Waals surface area contributed by atoms with Crippen molar-refractivity contribution in [1.82, 2.24) is 15.5 Å². The second-order valence-corrected chi connectivity index (χ2v) is 4.70. The summed E-state index contributed by atoms with van der Waals surface area (Å²) in [6.07, 6.45) is 2.33. The van der Waals surface area contributed by atoms with Crippen LogP contribution in [0.3, 0.4) is 0 Å². The molecule has 0 fully saturated rings. The van der Waals surface area contributed by atoms with Gasteiger partial charge in [0.2, 0.25) is 0 Å². The zero-order chi connectivity index (χ0) is 13.0. The Morgan fingerprint density at radius 3 is 3.17 bits per heavy atom. The Kier molecular flexibility index (Phi) is 4.06. The van der Waals surface area contributed by atoms with E-state index in [-0.39, 0.29) is 5.91 Å². The van der Waals surface area contributed by atoms with E-state index in [4.69, 9.17) is 10.5 Å². The summed E-state index contributed by atoms with van der Waals surface area (Å²) in [7, 11) is 1.63. The molecule has 0 aliphatic rings. The number of nitrogen functional groups attached to an aromatic ring is 1. The van der Waals surface area contributed by atoms with E-state index in [2.05, 4.69) is 15.5 Å². The molecule has 0 radical (unpaired) electrons. The van der Waals surface area contributed by atoms with Crippen LogP contribution in [0, 0.1) is 0 Å². The van der Waals surface area contributed by atoms with Crippen molar-refractivity contribution in [1.29, 1.82) is 0 Å². The minimum Gasteiger partial charge on any atom is -0.397 e. The van der Waals surface area contributed by atoms with Gasteiger partial charge in [-0.1, -0.05) is 0 Å². The zero-order valence-corrected chi connectivity index (χ0v) is 10.8. The van der Waals surface area contributed by atoms with Crippen LogP contribution < -0.4 is 11.1 Å². The van der Waals surface area contributed by atoms with Crippen LogP contribution in [0.1, 0.15) is 16.1 Å². The molecule has 0 unspecified atom stereocenters. The summed E-state index contributed by atoms with van der Waals surface area (Å²) in [6.45, 7) is 1.18. The van der Waals surface area contributed by atoms with Crippen molar-refractivity contribution in [3.05, 3.63) is 17.1 Å². The fraction of sp³-hybridized carbons (Fsp3) is 0.364. The number of nitrogens with one attached hydrogen (secondary N) is 1. The molecule has 2 aromatic rings. The number of amides is 1. The van der Waals surface area contributed by atoms with Gasteiger partial charge < -0.3 is 15.8 Å². The molecule has 0 aliphatic carbocycles. The molecule has 0 aliphatic heterocycles. The third-order valence-electron chi connectivity index (χ3n) is 2.44. The first-order valence-corrected chi connectivity index (χ1v) is 6.32. The summed E-state index contributed by atoms with van der Waals surface area (Å²) >= 11 is 1.25. The Morgan fingerprint density at radius 1 is 1.61 bits per heavy atom. The molecule has 0 aromatic carbocycles. The number of carbonyl (C=O) groups excluding carboxylic acids is 1. The van der Waals surface area contributed by atoms with Crippen molar-refractivity contribution in [2.75, 3.05) is 26.0 Å². The molecule has 18 heavy (non-hydrogen) atoms. The smallest absolute Gasteiger partial charge is 0.263 e. The van der Waals surface area contributed by atoms with Crippen LogP contribution in [0.25, 0.3) is 10.2 Å². The normalized spacial score (nSPS) is 10.7. The van der Waals surface area contributed by atoms with Crippen LogP contribution in [-0.2, 0) is 4.74 Å². The number of anilines is 1. The molecule has 96 valence electrons. The number of carbonyl (C=O) groups is 1. The van der Waals surface area contributed by atoms with E-state index < -0.39 is 0 Å². The Hall–Kier alpha value is -1.73. The van der Waals surface area contributed by atoms with Crippen LogP contribution in [0.15, 0.2) is 12.3 Å². The maximum Gasteiger partial charge on any atom is 0.263 e. The number of nitrogens with two attached hydrogens (primary N) is 1. The van der Waals surface area contributed by atoms with Gasteiger partial charge in [0, 0.05) is 25.6 Å². The Morgan fingerprint density at radius 2 is 2.44 bits per heavy atom. The highest BCUT2D eigenvalue weighted by atomic mass is 32.1. The Balaban J connectivity index is 2.10. The Bertz CT molecular complexity index is 555. The molecule has 0 saturated carbocycles. The molecule has 2 heterocycles. The summed E-state index contributed by atoms with van der Waals surface area (Å²) in [5.41, 5.74) is 6.39. The first-order chi connectivity index (χ1) is 8.74. The van der Waals surface area contributed by atoms with Gasteiger partial charge >= 0.3 is 0 Å². The van der Waals surface area contributed by atoms with Crippen molar-refractivity contribution in [3.63, 3.8) is 0 Å². The van der Waals surface area contributed by atoms with Crippen molar-refractivity contribution in [2.45, 2.75) is 6.42 Å². The van der Waals surface area contributed by atoms with Crippen molar-refractivity contribution in [3.8, 4) is 0 Å². The SMILES string of the molecule is COCCCNC(=O)c1sc2nnccc2c1N. The molecular formula is C11H14N4O2S. The molecule has 0 saturated heterocycles. The second-order valence-electron chi connectivity index (χ2n) is 3.70. The van der Waals surface area contributed by atoms with Gasteiger partial charge in [-0.25, -0.2) is 0 Å². The molecule has 1 amide bonds. The fourth-order valence-electron chi connectivity index (χ4n) is 1.54. The highest BCUT2D eigenvalue weighted by Crippen LogP contribution is 2.31. The summed E-state index contributed by atoms with van der Waals surface area (Å²) < 4.78 is 4.91. The summed E-state index contributed by atoms with van der Waals surface area (Å²) in [6, 6.07) is 1.76. The lowest BCUT2D eigenvalue weighted by molar-refractivity contribution is 0.0953. The van der Waals surface area contributed by atoms with Crippen molar-refractivity contribution in [2.24, 2.45) is 0 Å². The molecule has 0 spiro atoms. The minimum absolute atomic E-state index is 0.174.